The second kappa shape index (κ2) is 8.51. The molecule has 0 aliphatic heterocycles. The number of aryl methyl sites for hydroxylation is 1. The molecular weight excluding hydrogens is 350 g/mol. The van der Waals surface area contributed by atoms with Gasteiger partial charge in [0.1, 0.15) is 5.75 Å². The summed E-state index contributed by atoms with van der Waals surface area (Å²) in [4.78, 5) is 14.8. The summed E-state index contributed by atoms with van der Waals surface area (Å²) >= 11 is 0. The summed E-state index contributed by atoms with van der Waals surface area (Å²) in [5.41, 5.74) is 4.46. The maximum Gasteiger partial charge on any atom is 0.305 e. The van der Waals surface area contributed by atoms with Crippen molar-refractivity contribution in [1.29, 1.82) is 0 Å². The van der Waals surface area contributed by atoms with Crippen LogP contribution in [0.25, 0.3) is 22.0 Å². The van der Waals surface area contributed by atoms with Crippen molar-refractivity contribution in [3.05, 3.63) is 54.2 Å². The van der Waals surface area contributed by atoms with Crippen molar-refractivity contribution in [3.63, 3.8) is 0 Å². The molecule has 4 heteroatoms. The van der Waals surface area contributed by atoms with E-state index in [1.54, 1.807) is 0 Å². The Morgan fingerprint density at radius 1 is 1.11 bits per heavy atom. The molecule has 1 aliphatic rings. The van der Waals surface area contributed by atoms with E-state index in [2.05, 4.69) is 47.4 Å². The minimum atomic E-state index is -0.183. The van der Waals surface area contributed by atoms with Gasteiger partial charge < -0.3 is 14.5 Å². The third kappa shape index (κ3) is 4.22. The Bertz CT molecular complexity index is 953. The third-order valence-corrected chi connectivity index (χ3v) is 5.70. The van der Waals surface area contributed by atoms with Crippen LogP contribution in [0.3, 0.4) is 0 Å². The SMILES string of the molecule is COC(=O)CCc1ccc(OCC2CCCC2)c(-c2ccc3[nH]ccc3c2)c1. The van der Waals surface area contributed by atoms with Gasteiger partial charge in [-0.2, -0.15) is 0 Å². The minimum Gasteiger partial charge on any atom is -0.493 e. The standard InChI is InChI=1S/C24H27NO3/c1-27-24(26)11-7-17-6-10-23(28-16-18-4-2-3-5-18)21(14-17)19-8-9-22-20(15-19)12-13-25-22/h6,8-10,12-15,18,25H,2-5,7,11,16H2,1H3. The molecule has 0 amide bonds. The number of H-pyrrole nitrogens is 1. The first-order valence-electron chi connectivity index (χ1n) is 10.1. The lowest BCUT2D eigenvalue weighted by Crippen LogP contribution is -2.09. The summed E-state index contributed by atoms with van der Waals surface area (Å²) < 4.78 is 11.0. The van der Waals surface area contributed by atoms with E-state index < -0.39 is 0 Å². The number of carbonyl (C=O) groups is 1. The molecule has 4 nitrogen and oxygen atoms in total. The quantitative estimate of drug-likeness (QED) is 0.552. The van der Waals surface area contributed by atoms with Crippen LogP contribution in [0.5, 0.6) is 5.75 Å². The molecule has 2 aromatic carbocycles. The van der Waals surface area contributed by atoms with Gasteiger partial charge in [0.25, 0.3) is 0 Å². The summed E-state index contributed by atoms with van der Waals surface area (Å²) in [6, 6.07) is 14.8. The Morgan fingerprint density at radius 2 is 1.96 bits per heavy atom. The van der Waals surface area contributed by atoms with Gasteiger partial charge >= 0.3 is 5.97 Å². The van der Waals surface area contributed by atoms with Crippen molar-refractivity contribution in [3.8, 4) is 16.9 Å². The topological polar surface area (TPSA) is 51.3 Å². The molecule has 1 fully saturated rings. The van der Waals surface area contributed by atoms with Gasteiger partial charge in [-0.25, -0.2) is 0 Å². The summed E-state index contributed by atoms with van der Waals surface area (Å²) in [6.45, 7) is 0.779. The molecule has 0 unspecified atom stereocenters. The molecule has 1 N–H and O–H groups in total. The second-order valence-corrected chi connectivity index (χ2v) is 7.65. The van der Waals surface area contributed by atoms with Gasteiger partial charge in [-0.1, -0.05) is 25.0 Å². The zero-order valence-electron chi connectivity index (χ0n) is 16.4. The highest BCUT2D eigenvalue weighted by molar-refractivity contribution is 5.86. The van der Waals surface area contributed by atoms with Crippen LogP contribution < -0.4 is 4.74 Å². The van der Waals surface area contributed by atoms with Crippen molar-refractivity contribution >= 4 is 16.9 Å². The summed E-state index contributed by atoms with van der Waals surface area (Å²) in [6.07, 6.45) is 8.17. The highest BCUT2D eigenvalue weighted by Gasteiger charge is 2.17. The Hall–Kier alpha value is -2.75. The van der Waals surface area contributed by atoms with Crippen molar-refractivity contribution in [2.75, 3.05) is 13.7 Å². The number of ether oxygens (including phenoxy) is 2. The van der Waals surface area contributed by atoms with Crippen LogP contribution in [0.15, 0.2) is 48.7 Å². The lowest BCUT2D eigenvalue weighted by molar-refractivity contribution is -0.140. The second-order valence-electron chi connectivity index (χ2n) is 7.65. The van der Waals surface area contributed by atoms with Crippen LogP contribution >= 0.6 is 0 Å². The smallest absolute Gasteiger partial charge is 0.305 e. The Kier molecular flexibility index (Phi) is 5.65. The predicted molar refractivity (Wildman–Crippen MR) is 112 cm³/mol. The summed E-state index contributed by atoms with van der Waals surface area (Å²) in [5.74, 6) is 1.40. The lowest BCUT2D eigenvalue weighted by Gasteiger charge is -2.16. The van der Waals surface area contributed by atoms with Gasteiger partial charge in [-0.3, -0.25) is 4.79 Å². The number of methoxy groups -OCH3 is 1. The van der Waals surface area contributed by atoms with Crippen LogP contribution in [0, 0.1) is 5.92 Å². The minimum absolute atomic E-state index is 0.183. The summed E-state index contributed by atoms with van der Waals surface area (Å²) in [5, 5.41) is 1.18. The van der Waals surface area contributed by atoms with E-state index in [1.165, 1.54) is 38.2 Å². The largest absolute Gasteiger partial charge is 0.493 e. The van der Waals surface area contributed by atoms with Gasteiger partial charge in [0, 0.05) is 23.7 Å². The van der Waals surface area contributed by atoms with E-state index in [4.69, 9.17) is 9.47 Å². The van der Waals surface area contributed by atoms with Crippen LogP contribution in [-0.4, -0.2) is 24.7 Å². The zero-order chi connectivity index (χ0) is 19.3. The number of esters is 1. The number of hydrogen-bond acceptors (Lipinski definition) is 3. The number of benzene rings is 2. The van der Waals surface area contributed by atoms with Gasteiger partial charge in [0.2, 0.25) is 0 Å². The molecule has 0 radical (unpaired) electrons. The first-order chi connectivity index (χ1) is 13.7. The maximum atomic E-state index is 11.5. The number of carbonyl (C=O) groups excluding carboxylic acids is 1. The van der Waals surface area contributed by atoms with Crippen LogP contribution in [0.2, 0.25) is 0 Å². The number of hydrogen-bond donors (Lipinski definition) is 1. The van der Waals surface area contributed by atoms with Crippen LogP contribution in [0.4, 0.5) is 0 Å². The van der Waals surface area contributed by atoms with E-state index in [0.29, 0.717) is 18.8 Å². The van der Waals surface area contributed by atoms with Gasteiger partial charge in [0.05, 0.1) is 13.7 Å². The van der Waals surface area contributed by atoms with Crippen LogP contribution in [-0.2, 0) is 16.0 Å². The zero-order valence-corrected chi connectivity index (χ0v) is 16.4. The van der Waals surface area contributed by atoms with Crippen LogP contribution in [0.1, 0.15) is 37.7 Å². The highest BCUT2D eigenvalue weighted by Crippen LogP contribution is 2.34. The average Bonchev–Trinajstić information content (AvgIpc) is 3.41. The van der Waals surface area contributed by atoms with Crippen molar-refractivity contribution in [2.45, 2.75) is 38.5 Å². The number of aromatic amines is 1. The maximum absolute atomic E-state index is 11.5. The first kappa shape index (κ1) is 18.6. The predicted octanol–water partition coefficient (Wildman–Crippen LogP) is 5.51. The van der Waals surface area contributed by atoms with Crippen molar-refractivity contribution in [1.82, 2.24) is 4.98 Å². The van der Waals surface area contributed by atoms with Gasteiger partial charge in [-0.15, -0.1) is 0 Å². The van der Waals surface area contributed by atoms with E-state index in [-0.39, 0.29) is 5.97 Å². The molecule has 1 aromatic heterocycles. The van der Waals surface area contributed by atoms with E-state index in [1.807, 2.05) is 6.20 Å². The number of aromatic nitrogens is 1. The third-order valence-electron chi connectivity index (χ3n) is 5.70. The number of rotatable bonds is 7. The number of nitrogens with one attached hydrogen (secondary N) is 1. The molecule has 28 heavy (non-hydrogen) atoms. The Labute approximate surface area is 165 Å². The molecule has 1 aliphatic carbocycles. The fourth-order valence-corrected chi connectivity index (χ4v) is 4.04. The summed E-state index contributed by atoms with van der Waals surface area (Å²) in [7, 11) is 1.43. The molecule has 146 valence electrons. The van der Waals surface area contributed by atoms with Gasteiger partial charge in [0.15, 0.2) is 0 Å². The normalized spacial score (nSPS) is 14.5. The molecule has 4 rings (SSSR count). The van der Waals surface area contributed by atoms with E-state index in [9.17, 15) is 4.79 Å². The molecule has 0 saturated heterocycles. The molecule has 3 aromatic rings. The molecule has 1 saturated carbocycles. The monoisotopic (exact) mass is 377 g/mol. The highest BCUT2D eigenvalue weighted by atomic mass is 16.5. The number of fused-ring (bicyclic) bond motifs is 1. The van der Waals surface area contributed by atoms with Crippen molar-refractivity contribution in [2.24, 2.45) is 5.92 Å². The van der Waals surface area contributed by atoms with E-state index >= 15 is 0 Å². The van der Waals surface area contributed by atoms with Gasteiger partial charge in [-0.05, 0) is 72.0 Å². The molecular formula is C24H27NO3. The Morgan fingerprint density at radius 3 is 2.79 bits per heavy atom. The fourth-order valence-electron chi connectivity index (χ4n) is 4.04. The first-order valence-corrected chi connectivity index (χ1v) is 10.1. The molecule has 0 bridgehead atoms. The molecule has 0 atom stereocenters. The average molecular weight is 377 g/mol. The molecule has 1 heterocycles. The lowest BCUT2D eigenvalue weighted by atomic mass is 9.98. The fraction of sp³-hybridized carbons (Fsp3) is 0.375. The van der Waals surface area contributed by atoms with E-state index in [0.717, 1.165) is 34.6 Å². The Balaban J connectivity index is 1.62. The molecule has 0 spiro atoms. The van der Waals surface area contributed by atoms with Crippen molar-refractivity contribution < 1.29 is 14.3 Å².